The zero-order valence-corrected chi connectivity index (χ0v) is 19.0. The molecule has 0 saturated heterocycles. The van der Waals surface area contributed by atoms with Gasteiger partial charge >= 0.3 is 0 Å². The van der Waals surface area contributed by atoms with E-state index in [1.165, 1.54) is 0 Å². The Morgan fingerprint density at radius 1 is 0.500 bits per heavy atom. The van der Waals surface area contributed by atoms with Gasteiger partial charge in [0.2, 0.25) is 0 Å². The van der Waals surface area contributed by atoms with Crippen molar-refractivity contribution in [1.82, 2.24) is 0 Å². The maximum absolute atomic E-state index is 9.14. The zero-order chi connectivity index (χ0) is 26.9. The highest BCUT2D eigenvalue weighted by molar-refractivity contribution is 5.40. The van der Waals surface area contributed by atoms with E-state index in [1.54, 1.807) is 19.1 Å². The van der Waals surface area contributed by atoms with Crippen molar-refractivity contribution in [3.05, 3.63) is 105 Å². The average Bonchev–Trinajstić information content (AvgIpc) is 2.87. The molecule has 0 N–H and O–H groups in total. The molecule has 0 saturated carbocycles. The van der Waals surface area contributed by atoms with Crippen LogP contribution in [0, 0.1) is 6.92 Å². The summed E-state index contributed by atoms with van der Waals surface area (Å²) in [5.41, 5.74) is 6.12. The van der Waals surface area contributed by atoms with Gasteiger partial charge in [0.1, 0.15) is 0 Å². The van der Waals surface area contributed by atoms with Gasteiger partial charge in [-0.25, -0.2) is 0 Å². The van der Waals surface area contributed by atoms with Crippen molar-refractivity contribution in [1.29, 1.82) is 0 Å². The molecule has 0 bridgehead atoms. The normalized spacial score (nSPS) is 15.5. The van der Waals surface area contributed by atoms with Crippen molar-refractivity contribution in [2.24, 2.45) is 0 Å². The highest BCUT2D eigenvalue weighted by atomic mass is 14.1. The van der Waals surface area contributed by atoms with E-state index in [2.05, 4.69) is 13.0 Å². The van der Waals surface area contributed by atoms with Crippen molar-refractivity contribution in [3.63, 3.8) is 0 Å². The average molecular weight is 405 g/mol. The Kier molecular flexibility index (Phi) is 5.47. The second-order valence-electron chi connectivity index (χ2n) is 7.89. The van der Waals surface area contributed by atoms with E-state index in [9.17, 15) is 0 Å². The minimum Gasteiger partial charge on any atom is -0.0651 e. The molecule has 0 aliphatic carbocycles. The second kappa shape index (κ2) is 10.6. The maximum atomic E-state index is 9.14. The Morgan fingerprint density at radius 2 is 0.833 bits per heavy atom. The van der Waals surface area contributed by atoms with E-state index in [4.69, 9.17) is 8.22 Å². The SMILES string of the molecule is [2H]C([2H])(CC)c1cc(CC)cc(C([2H])([2H])c2cc(CC)cc(C([2H])([2H])c3cc(C)cc(CC)c3)c2)c1. The molecule has 0 aliphatic rings. The summed E-state index contributed by atoms with van der Waals surface area (Å²) < 4.78 is 53.2. The van der Waals surface area contributed by atoms with Crippen molar-refractivity contribution < 1.29 is 8.22 Å². The molecule has 3 aromatic rings. The standard InChI is InChI=1S/C30H38/c1-6-10-26-13-24(8-3)15-28(18-26)20-30-17-25(9-4)16-29(21-30)19-27-12-22(5)11-23(7-2)14-27/h11-18,21H,6-10,19-20H2,1-5H3/i10D2,19D2,20D2. The second-order valence-corrected chi connectivity index (χ2v) is 7.89. The van der Waals surface area contributed by atoms with Gasteiger partial charge in [0.25, 0.3) is 0 Å². The summed E-state index contributed by atoms with van der Waals surface area (Å²) in [6.45, 7) is 9.79. The van der Waals surface area contributed by atoms with E-state index < -0.39 is 19.1 Å². The van der Waals surface area contributed by atoms with Crippen LogP contribution >= 0.6 is 0 Å². The van der Waals surface area contributed by atoms with Gasteiger partial charge < -0.3 is 0 Å². The van der Waals surface area contributed by atoms with Crippen LogP contribution in [0.15, 0.2) is 54.6 Å². The fourth-order valence-electron chi connectivity index (χ4n) is 3.79. The van der Waals surface area contributed by atoms with E-state index in [0.717, 1.165) is 28.7 Å². The summed E-state index contributed by atoms with van der Waals surface area (Å²) in [7, 11) is 0. The van der Waals surface area contributed by atoms with Crippen LogP contribution in [0.3, 0.4) is 0 Å². The quantitative estimate of drug-likeness (QED) is 0.341. The third-order valence-corrected chi connectivity index (χ3v) is 5.31. The minimum atomic E-state index is -1.92. The number of hydrogen-bond donors (Lipinski definition) is 0. The monoisotopic (exact) mass is 404 g/mol. The fraction of sp³-hybridized carbons (Fsp3) is 0.400. The molecule has 0 aliphatic heterocycles. The Bertz CT molecular complexity index is 1230. The molecule has 0 unspecified atom stereocenters. The van der Waals surface area contributed by atoms with E-state index in [1.807, 2.05) is 57.2 Å². The molecule has 0 amide bonds. The molecule has 0 atom stereocenters. The summed E-state index contributed by atoms with van der Waals surface area (Å²) in [5, 5.41) is 0. The largest absolute Gasteiger partial charge is 0.0651 e. The van der Waals surface area contributed by atoms with E-state index in [0.29, 0.717) is 47.1 Å². The fourth-order valence-corrected chi connectivity index (χ4v) is 3.79. The van der Waals surface area contributed by atoms with E-state index in [-0.39, 0.29) is 0 Å². The summed E-state index contributed by atoms with van der Waals surface area (Å²) in [6.07, 6.45) is -2.81. The molecule has 3 rings (SSSR count). The van der Waals surface area contributed by atoms with Crippen LogP contribution in [-0.2, 0) is 38.4 Å². The molecular weight excluding hydrogens is 360 g/mol. The van der Waals surface area contributed by atoms with Crippen LogP contribution in [0.4, 0.5) is 0 Å². The van der Waals surface area contributed by atoms with Gasteiger partial charge in [-0.3, -0.25) is 0 Å². The van der Waals surface area contributed by atoms with Crippen LogP contribution in [-0.4, -0.2) is 0 Å². The van der Waals surface area contributed by atoms with Gasteiger partial charge in [0, 0.05) is 8.22 Å². The lowest BCUT2D eigenvalue weighted by Gasteiger charge is -2.13. The molecule has 158 valence electrons. The molecule has 0 aromatic heterocycles. The topological polar surface area (TPSA) is 0 Å². The molecule has 0 spiro atoms. The molecular formula is C30H38. The third kappa shape index (κ3) is 6.08. The Morgan fingerprint density at radius 3 is 1.30 bits per heavy atom. The minimum absolute atomic E-state index is 0.300. The van der Waals surface area contributed by atoms with Crippen LogP contribution in [0.1, 0.15) is 92.4 Å². The predicted molar refractivity (Wildman–Crippen MR) is 132 cm³/mol. The first-order valence-electron chi connectivity index (χ1n) is 14.2. The van der Waals surface area contributed by atoms with Crippen LogP contribution in [0.2, 0.25) is 0 Å². The van der Waals surface area contributed by atoms with Gasteiger partial charge in [-0.05, 0) is 89.8 Å². The highest BCUT2D eigenvalue weighted by Gasteiger charge is 2.07. The van der Waals surface area contributed by atoms with E-state index >= 15 is 0 Å². The van der Waals surface area contributed by atoms with Gasteiger partial charge in [-0.15, -0.1) is 0 Å². The zero-order valence-electron chi connectivity index (χ0n) is 25.0. The van der Waals surface area contributed by atoms with Crippen molar-refractivity contribution >= 4 is 0 Å². The maximum Gasteiger partial charge on any atom is 0.0366 e. The first-order chi connectivity index (χ1) is 16.8. The third-order valence-electron chi connectivity index (χ3n) is 5.31. The van der Waals surface area contributed by atoms with Crippen molar-refractivity contribution in [2.75, 3.05) is 0 Å². The first kappa shape index (κ1) is 15.5. The summed E-state index contributed by atoms with van der Waals surface area (Å²) in [5.74, 6) is 0. The lowest BCUT2D eigenvalue weighted by molar-refractivity contribution is 0.912. The highest BCUT2D eigenvalue weighted by Crippen LogP contribution is 2.21. The number of hydrogen-bond acceptors (Lipinski definition) is 0. The summed E-state index contributed by atoms with van der Waals surface area (Å²) in [6, 6.07) is 16.5. The van der Waals surface area contributed by atoms with Crippen LogP contribution in [0.5, 0.6) is 0 Å². The van der Waals surface area contributed by atoms with Crippen LogP contribution < -0.4 is 0 Å². The number of rotatable bonds is 9. The number of benzene rings is 3. The summed E-state index contributed by atoms with van der Waals surface area (Å²) in [4.78, 5) is 0. The van der Waals surface area contributed by atoms with Gasteiger partial charge in [0.05, 0.1) is 0 Å². The molecule has 0 heterocycles. The van der Waals surface area contributed by atoms with Gasteiger partial charge in [-0.2, -0.15) is 0 Å². The molecule has 0 nitrogen and oxygen atoms in total. The molecule has 3 aromatic carbocycles. The van der Waals surface area contributed by atoms with Gasteiger partial charge in [-0.1, -0.05) is 94.3 Å². The Hall–Kier alpha value is -2.34. The molecule has 0 fully saturated rings. The molecule has 0 heteroatoms. The lowest BCUT2D eigenvalue weighted by atomic mass is 9.93. The van der Waals surface area contributed by atoms with Gasteiger partial charge in [0.15, 0.2) is 0 Å². The lowest BCUT2D eigenvalue weighted by Crippen LogP contribution is -1.98. The number of aryl methyl sites for hydroxylation is 5. The van der Waals surface area contributed by atoms with Crippen molar-refractivity contribution in [2.45, 2.75) is 79.4 Å². The Labute approximate surface area is 192 Å². The smallest absolute Gasteiger partial charge is 0.0366 e. The Balaban J connectivity index is 2.20. The van der Waals surface area contributed by atoms with Crippen LogP contribution in [0.25, 0.3) is 0 Å². The summed E-state index contributed by atoms with van der Waals surface area (Å²) >= 11 is 0. The first-order valence-corrected chi connectivity index (χ1v) is 11.2. The van der Waals surface area contributed by atoms with Crippen molar-refractivity contribution in [3.8, 4) is 0 Å². The molecule has 0 radical (unpaired) electrons. The molecule has 30 heavy (non-hydrogen) atoms. The predicted octanol–water partition coefficient (Wildman–Crippen LogP) is 7.82.